The SMILES string of the molecule is Cc1ccccc1NC(=O)C(C)OC(=O)CN(C)S(=O)(=O)c1ccc(Cl)cc1. The number of likely N-dealkylation sites (N-methyl/N-ethyl adjacent to an activating group) is 1. The summed E-state index contributed by atoms with van der Waals surface area (Å²) in [6, 6.07) is 12.8. The number of nitrogens with one attached hydrogen (secondary N) is 1. The summed E-state index contributed by atoms with van der Waals surface area (Å²) in [5, 5.41) is 3.07. The lowest BCUT2D eigenvalue weighted by atomic mass is 10.2. The van der Waals surface area contributed by atoms with E-state index in [1.165, 1.54) is 38.2 Å². The first-order valence-corrected chi connectivity index (χ1v) is 10.2. The van der Waals surface area contributed by atoms with E-state index in [2.05, 4.69) is 5.32 Å². The fourth-order valence-corrected chi connectivity index (χ4v) is 3.53. The van der Waals surface area contributed by atoms with Crippen molar-refractivity contribution < 1.29 is 22.7 Å². The van der Waals surface area contributed by atoms with Crippen LogP contribution in [0.15, 0.2) is 53.4 Å². The van der Waals surface area contributed by atoms with E-state index < -0.39 is 34.5 Å². The smallest absolute Gasteiger partial charge is 0.322 e. The first kappa shape index (κ1) is 21.9. The molecular weight excluding hydrogens is 404 g/mol. The van der Waals surface area contributed by atoms with E-state index in [4.69, 9.17) is 16.3 Å². The number of rotatable bonds is 7. The number of ether oxygens (including phenoxy) is 1. The number of esters is 1. The lowest BCUT2D eigenvalue weighted by molar-refractivity contribution is -0.153. The number of hydrogen-bond acceptors (Lipinski definition) is 5. The monoisotopic (exact) mass is 424 g/mol. The molecule has 0 aliphatic heterocycles. The van der Waals surface area contributed by atoms with Crippen molar-refractivity contribution in [2.75, 3.05) is 18.9 Å². The Labute approximate surface area is 169 Å². The topological polar surface area (TPSA) is 92.8 Å². The van der Waals surface area contributed by atoms with E-state index in [0.717, 1.165) is 9.87 Å². The van der Waals surface area contributed by atoms with Crippen LogP contribution < -0.4 is 5.32 Å². The van der Waals surface area contributed by atoms with E-state index in [9.17, 15) is 18.0 Å². The largest absolute Gasteiger partial charge is 0.452 e. The van der Waals surface area contributed by atoms with E-state index in [-0.39, 0.29) is 4.90 Å². The molecule has 0 spiro atoms. The average Bonchev–Trinajstić information content (AvgIpc) is 2.63. The molecule has 7 nitrogen and oxygen atoms in total. The van der Waals surface area contributed by atoms with Crippen molar-refractivity contribution in [1.82, 2.24) is 4.31 Å². The van der Waals surface area contributed by atoms with Crippen molar-refractivity contribution in [3.63, 3.8) is 0 Å². The van der Waals surface area contributed by atoms with Gasteiger partial charge in [0.2, 0.25) is 10.0 Å². The van der Waals surface area contributed by atoms with Crippen LogP contribution in [0, 0.1) is 6.92 Å². The highest BCUT2D eigenvalue weighted by molar-refractivity contribution is 7.89. The molecule has 1 atom stereocenters. The summed E-state index contributed by atoms with van der Waals surface area (Å²) in [7, 11) is -2.63. The molecular formula is C19H21ClN2O5S. The average molecular weight is 425 g/mol. The number of carbonyl (C=O) groups is 2. The molecule has 0 bridgehead atoms. The number of aryl methyl sites for hydroxylation is 1. The molecule has 2 rings (SSSR count). The minimum absolute atomic E-state index is 0.00227. The maximum Gasteiger partial charge on any atom is 0.322 e. The first-order chi connectivity index (χ1) is 13.1. The van der Waals surface area contributed by atoms with Crippen LogP contribution in [0.2, 0.25) is 5.02 Å². The fraction of sp³-hybridized carbons (Fsp3) is 0.263. The zero-order valence-electron chi connectivity index (χ0n) is 15.7. The second-order valence-electron chi connectivity index (χ2n) is 6.15. The molecule has 0 aliphatic carbocycles. The van der Waals surface area contributed by atoms with Crippen LogP contribution in [0.3, 0.4) is 0 Å². The van der Waals surface area contributed by atoms with Gasteiger partial charge in [-0.3, -0.25) is 9.59 Å². The number of hydrogen-bond donors (Lipinski definition) is 1. The number of nitrogens with zero attached hydrogens (tertiary/aromatic N) is 1. The van der Waals surface area contributed by atoms with Gasteiger partial charge in [0.1, 0.15) is 6.54 Å². The molecule has 150 valence electrons. The zero-order chi connectivity index (χ0) is 20.9. The molecule has 0 radical (unpaired) electrons. The van der Waals surface area contributed by atoms with Crippen LogP contribution in [0.5, 0.6) is 0 Å². The summed E-state index contributed by atoms with van der Waals surface area (Å²) in [6.45, 7) is 2.72. The molecule has 0 saturated carbocycles. The maximum atomic E-state index is 12.5. The molecule has 2 aromatic rings. The molecule has 0 aliphatic rings. The van der Waals surface area contributed by atoms with E-state index >= 15 is 0 Å². The Morgan fingerprint density at radius 1 is 1.14 bits per heavy atom. The van der Waals surface area contributed by atoms with Crippen molar-refractivity contribution >= 4 is 39.2 Å². The van der Waals surface area contributed by atoms with Gasteiger partial charge in [0, 0.05) is 17.8 Å². The third-order valence-corrected chi connectivity index (χ3v) is 6.02. The van der Waals surface area contributed by atoms with Gasteiger partial charge < -0.3 is 10.1 Å². The molecule has 1 N–H and O–H groups in total. The van der Waals surface area contributed by atoms with Crippen LogP contribution in [0.4, 0.5) is 5.69 Å². The van der Waals surface area contributed by atoms with Gasteiger partial charge in [-0.2, -0.15) is 4.31 Å². The van der Waals surface area contributed by atoms with Crippen molar-refractivity contribution in [3.05, 3.63) is 59.1 Å². The van der Waals surface area contributed by atoms with Gasteiger partial charge in [-0.15, -0.1) is 0 Å². The lowest BCUT2D eigenvalue weighted by Crippen LogP contribution is -2.37. The Morgan fingerprint density at radius 2 is 1.75 bits per heavy atom. The predicted octanol–water partition coefficient (Wildman–Crippen LogP) is 2.84. The van der Waals surface area contributed by atoms with Gasteiger partial charge in [-0.05, 0) is 49.7 Å². The molecule has 0 aromatic heterocycles. The Bertz CT molecular complexity index is 961. The second-order valence-corrected chi connectivity index (χ2v) is 8.63. The van der Waals surface area contributed by atoms with Crippen LogP contribution in [-0.4, -0.2) is 44.3 Å². The minimum Gasteiger partial charge on any atom is -0.452 e. The van der Waals surface area contributed by atoms with E-state index in [0.29, 0.717) is 10.7 Å². The van der Waals surface area contributed by atoms with Gasteiger partial charge in [0.05, 0.1) is 4.90 Å². The number of halogens is 1. The Kier molecular flexibility index (Phi) is 7.17. The number of carbonyl (C=O) groups excluding carboxylic acids is 2. The molecule has 0 saturated heterocycles. The van der Waals surface area contributed by atoms with E-state index in [1.54, 1.807) is 12.1 Å². The molecule has 2 aromatic carbocycles. The third-order valence-electron chi connectivity index (χ3n) is 3.95. The van der Waals surface area contributed by atoms with Crippen LogP contribution >= 0.6 is 11.6 Å². The predicted molar refractivity (Wildman–Crippen MR) is 107 cm³/mol. The Hall–Kier alpha value is -2.42. The summed E-state index contributed by atoms with van der Waals surface area (Å²) >= 11 is 5.76. The van der Waals surface area contributed by atoms with Crippen LogP contribution in [-0.2, 0) is 24.3 Å². The van der Waals surface area contributed by atoms with Crippen molar-refractivity contribution in [1.29, 1.82) is 0 Å². The molecule has 1 amide bonds. The van der Waals surface area contributed by atoms with Crippen molar-refractivity contribution in [2.24, 2.45) is 0 Å². The highest BCUT2D eigenvalue weighted by atomic mass is 35.5. The van der Waals surface area contributed by atoms with Crippen molar-refractivity contribution in [3.8, 4) is 0 Å². The highest BCUT2D eigenvalue weighted by Gasteiger charge is 2.25. The van der Waals surface area contributed by atoms with Crippen molar-refractivity contribution in [2.45, 2.75) is 24.8 Å². The highest BCUT2D eigenvalue weighted by Crippen LogP contribution is 2.18. The summed E-state index contributed by atoms with van der Waals surface area (Å²) in [5.41, 5.74) is 1.47. The van der Waals surface area contributed by atoms with Gasteiger partial charge >= 0.3 is 5.97 Å². The minimum atomic E-state index is -3.89. The number of para-hydroxylation sites is 1. The summed E-state index contributed by atoms with van der Waals surface area (Å²) < 4.78 is 30.9. The normalized spacial score (nSPS) is 12.5. The molecule has 0 fully saturated rings. The quantitative estimate of drug-likeness (QED) is 0.690. The molecule has 9 heteroatoms. The van der Waals surface area contributed by atoms with E-state index in [1.807, 2.05) is 19.1 Å². The summed E-state index contributed by atoms with van der Waals surface area (Å²) in [6.07, 6.45) is -1.08. The summed E-state index contributed by atoms with van der Waals surface area (Å²) in [5.74, 6) is -1.35. The fourth-order valence-electron chi connectivity index (χ4n) is 2.29. The van der Waals surface area contributed by atoms with Gasteiger partial charge in [0.15, 0.2) is 6.10 Å². The Morgan fingerprint density at radius 3 is 2.36 bits per heavy atom. The molecule has 1 unspecified atom stereocenters. The molecule has 0 heterocycles. The second kappa shape index (κ2) is 9.18. The number of anilines is 1. The van der Waals surface area contributed by atoms with Crippen LogP contribution in [0.1, 0.15) is 12.5 Å². The maximum absolute atomic E-state index is 12.5. The lowest BCUT2D eigenvalue weighted by Gasteiger charge is -2.19. The first-order valence-electron chi connectivity index (χ1n) is 8.39. The molecule has 28 heavy (non-hydrogen) atoms. The zero-order valence-corrected chi connectivity index (χ0v) is 17.3. The standard InChI is InChI=1S/C19H21ClN2O5S/c1-13-6-4-5-7-17(13)21-19(24)14(2)27-18(23)12-22(3)28(25,26)16-10-8-15(20)9-11-16/h4-11,14H,12H2,1-3H3,(H,21,24). The third kappa shape index (κ3) is 5.54. The van der Waals surface area contributed by atoms with Gasteiger partial charge in [-0.25, -0.2) is 8.42 Å². The number of benzene rings is 2. The van der Waals surface area contributed by atoms with Gasteiger partial charge in [-0.1, -0.05) is 29.8 Å². The Balaban J connectivity index is 1.95. The van der Waals surface area contributed by atoms with Gasteiger partial charge in [0.25, 0.3) is 5.91 Å². The summed E-state index contributed by atoms with van der Waals surface area (Å²) in [4.78, 5) is 24.3. The number of amides is 1. The van der Waals surface area contributed by atoms with Crippen LogP contribution in [0.25, 0.3) is 0 Å². The number of sulfonamides is 1.